The number of likely N-dealkylation sites (N-methyl/N-ethyl adjacent to an activating group) is 1. The van der Waals surface area contributed by atoms with E-state index in [-0.39, 0.29) is 12.5 Å². The van der Waals surface area contributed by atoms with Gasteiger partial charge in [-0.15, -0.1) is 0 Å². The lowest BCUT2D eigenvalue weighted by molar-refractivity contribution is -0.128. The van der Waals surface area contributed by atoms with Crippen molar-refractivity contribution in [1.29, 1.82) is 0 Å². The van der Waals surface area contributed by atoms with Crippen LogP contribution in [0.3, 0.4) is 0 Å². The van der Waals surface area contributed by atoms with Crippen LogP contribution in [0.2, 0.25) is 0 Å². The number of rotatable bonds is 3. The maximum Gasteiger partial charge on any atom is 0.219 e. The van der Waals surface area contributed by atoms with Gasteiger partial charge in [0.2, 0.25) is 5.91 Å². The topological polar surface area (TPSA) is 93.0 Å². The normalized spacial score (nSPS) is 35.5. The predicted molar refractivity (Wildman–Crippen MR) is 53.1 cm³/mol. The summed E-state index contributed by atoms with van der Waals surface area (Å²) in [4.78, 5) is 12.4. The number of aliphatic hydroxyl groups excluding tert-OH is 3. The fourth-order valence-electron chi connectivity index (χ4n) is 1.69. The quantitative estimate of drug-likeness (QED) is 0.421. The Labute approximate surface area is 88.5 Å². The molecule has 1 fully saturated rings. The van der Waals surface area contributed by atoms with Gasteiger partial charge in [0, 0.05) is 20.5 Å². The molecular formula is C9H18N2O4. The zero-order valence-corrected chi connectivity index (χ0v) is 8.92. The molecule has 6 nitrogen and oxygen atoms in total. The van der Waals surface area contributed by atoms with E-state index in [0.717, 1.165) is 0 Å². The van der Waals surface area contributed by atoms with Gasteiger partial charge in [-0.1, -0.05) is 0 Å². The number of carbonyl (C=O) groups excluding carboxylic acids is 1. The van der Waals surface area contributed by atoms with Gasteiger partial charge in [0.15, 0.2) is 0 Å². The van der Waals surface area contributed by atoms with Gasteiger partial charge in [-0.25, -0.2) is 0 Å². The molecule has 15 heavy (non-hydrogen) atoms. The molecule has 1 heterocycles. The van der Waals surface area contributed by atoms with E-state index in [1.54, 1.807) is 7.05 Å². The summed E-state index contributed by atoms with van der Waals surface area (Å²) in [5.41, 5.74) is 0. The first-order valence-electron chi connectivity index (χ1n) is 4.92. The van der Waals surface area contributed by atoms with Crippen LogP contribution in [0, 0.1) is 0 Å². The lowest BCUT2D eigenvalue weighted by atomic mass is 10.1. The molecular weight excluding hydrogens is 200 g/mol. The predicted octanol–water partition coefficient (Wildman–Crippen LogP) is -2.48. The summed E-state index contributed by atoms with van der Waals surface area (Å²) in [6, 6.07) is -0.920. The molecule has 0 aromatic heterocycles. The zero-order valence-electron chi connectivity index (χ0n) is 8.92. The molecule has 0 unspecified atom stereocenters. The Bertz CT molecular complexity index is 236. The molecule has 0 spiro atoms. The Kier molecular flexibility index (Phi) is 4.04. The second kappa shape index (κ2) is 4.89. The highest BCUT2D eigenvalue weighted by Crippen LogP contribution is 2.14. The summed E-state index contributed by atoms with van der Waals surface area (Å²) in [6.45, 7) is 1.50. The van der Waals surface area contributed by atoms with Crippen LogP contribution in [0.15, 0.2) is 0 Å². The van der Waals surface area contributed by atoms with Gasteiger partial charge in [-0.2, -0.15) is 0 Å². The molecule has 0 radical (unpaired) electrons. The van der Waals surface area contributed by atoms with Gasteiger partial charge in [-0.05, 0) is 0 Å². The van der Waals surface area contributed by atoms with Crippen LogP contribution in [0.25, 0.3) is 0 Å². The van der Waals surface area contributed by atoms with Crippen molar-refractivity contribution in [3.63, 3.8) is 0 Å². The number of nitrogens with one attached hydrogen (secondary N) is 1. The molecule has 0 aliphatic carbocycles. The van der Waals surface area contributed by atoms with Crippen molar-refractivity contribution >= 4 is 5.91 Å². The van der Waals surface area contributed by atoms with Crippen molar-refractivity contribution in [2.75, 3.05) is 20.2 Å². The number of carbonyl (C=O) groups is 1. The minimum absolute atomic E-state index is 0.106. The highest BCUT2D eigenvalue weighted by atomic mass is 16.3. The molecule has 88 valence electrons. The fourth-order valence-corrected chi connectivity index (χ4v) is 1.69. The number of hydrogen-bond acceptors (Lipinski definition) is 5. The van der Waals surface area contributed by atoms with E-state index < -0.39 is 24.3 Å². The Morgan fingerprint density at radius 2 is 1.87 bits per heavy atom. The van der Waals surface area contributed by atoms with E-state index in [1.165, 1.54) is 11.8 Å². The van der Waals surface area contributed by atoms with Gasteiger partial charge >= 0.3 is 0 Å². The molecule has 0 bridgehead atoms. The molecule has 0 aromatic carbocycles. The van der Waals surface area contributed by atoms with Crippen LogP contribution in [0.1, 0.15) is 6.92 Å². The maximum absolute atomic E-state index is 11.0. The van der Waals surface area contributed by atoms with Crippen molar-refractivity contribution in [2.24, 2.45) is 0 Å². The summed E-state index contributed by atoms with van der Waals surface area (Å²) in [5.74, 6) is -0.106. The lowest BCUT2D eigenvalue weighted by Crippen LogP contribution is -2.44. The van der Waals surface area contributed by atoms with Crippen LogP contribution in [-0.2, 0) is 4.79 Å². The van der Waals surface area contributed by atoms with E-state index in [1.807, 2.05) is 0 Å². The van der Waals surface area contributed by atoms with Crippen molar-refractivity contribution in [3.05, 3.63) is 0 Å². The first-order chi connectivity index (χ1) is 6.97. The first-order valence-corrected chi connectivity index (χ1v) is 4.92. The Morgan fingerprint density at radius 3 is 2.27 bits per heavy atom. The van der Waals surface area contributed by atoms with Crippen LogP contribution in [0.5, 0.6) is 0 Å². The van der Waals surface area contributed by atoms with Gasteiger partial charge < -0.3 is 25.5 Å². The second-order valence-electron chi connectivity index (χ2n) is 3.94. The van der Waals surface area contributed by atoms with E-state index >= 15 is 0 Å². The largest absolute Gasteiger partial charge is 0.395 e. The maximum atomic E-state index is 11.0. The van der Waals surface area contributed by atoms with E-state index in [4.69, 9.17) is 5.11 Å². The molecule has 1 aliphatic heterocycles. The number of nitrogens with zero attached hydrogens (tertiary/aromatic N) is 1. The van der Waals surface area contributed by atoms with Crippen LogP contribution in [0.4, 0.5) is 0 Å². The third kappa shape index (κ3) is 2.66. The molecule has 1 saturated heterocycles. The molecule has 4 atom stereocenters. The van der Waals surface area contributed by atoms with Crippen LogP contribution in [-0.4, -0.2) is 70.6 Å². The molecule has 4 N–H and O–H groups in total. The summed E-state index contributed by atoms with van der Waals surface area (Å²) in [7, 11) is 1.62. The summed E-state index contributed by atoms with van der Waals surface area (Å²) >= 11 is 0. The third-order valence-electron chi connectivity index (χ3n) is 2.81. The SMILES string of the molecule is CC(=O)N(C)C[C@H]1N[C@H](CO)[C@@H](O)[C@@H]1O. The monoisotopic (exact) mass is 218 g/mol. The smallest absolute Gasteiger partial charge is 0.219 e. The fraction of sp³-hybridized carbons (Fsp3) is 0.889. The van der Waals surface area contributed by atoms with E-state index in [9.17, 15) is 15.0 Å². The molecule has 0 saturated carbocycles. The van der Waals surface area contributed by atoms with Gasteiger partial charge in [-0.3, -0.25) is 4.79 Å². The molecule has 1 aliphatic rings. The second-order valence-corrected chi connectivity index (χ2v) is 3.94. The number of hydrogen-bond donors (Lipinski definition) is 4. The molecule has 1 amide bonds. The minimum Gasteiger partial charge on any atom is -0.395 e. The molecule has 0 aromatic rings. The third-order valence-corrected chi connectivity index (χ3v) is 2.81. The van der Waals surface area contributed by atoms with Crippen molar-refractivity contribution in [2.45, 2.75) is 31.2 Å². The van der Waals surface area contributed by atoms with Gasteiger partial charge in [0.25, 0.3) is 0 Å². The number of amides is 1. The highest BCUT2D eigenvalue weighted by Gasteiger charge is 2.40. The molecule has 1 rings (SSSR count). The summed E-state index contributed by atoms with van der Waals surface area (Å²) < 4.78 is 0. The highest BCUT2D eigenvalue weighted by molar-refractivity contribution is 5.72. The first kappa shape index (κ1) is 12.4. The summed E-state index contributed by atoms with van der Waals surface area (Å²) in [6.07, 6.45) is -1.94. The van der Waals surface area contributed by atoms with Crippen molar-refractivity contribution in [1.82, 2.24) is 10.2 Å². The van der Waals surface area contributed by atoms with Gasteiger partial charge in [0.05, 0.1) is 30.9 Å². The Morgan fingerprint density at radius 1 is 1.33 bits per heavy atom. The zero-order chi connectivity index (χ0) is 11.6. The lowest BCUT2D eigenvalue weighted by Gasteiger charge is -2.22. The van der Waals surface area contributed by atoms with E-state index in [0.29, 0.717) is 6.54 Å². The van der Waals surface area contributed by atoms with Crippen LogP contribution >= 0.6 is 0 Å². The van der Waals surface area contributed by atoms with E-state index in [2.05, 4.69) is 5.32 Å². The van der Waals surface area contributed by atoms with Crippen molar-refractivity contribution in [3.8, 4) is 0 Å². The van der Waals surface area contributed by atoms with Crippen molar-refractivity contribution < 1.29 is 20.1 Å². The minimum atomic E-state index is -0.986. The summed E-state index contributed by atoms with van der Waals surface area (Å²) in [5, 5.41) is 30.9. The van der Waals surface area contributed by atoms with Gasteiger partial charge in [0.1, 0.15) is 0 Å². The molecule has 6 heteroatoms. The van der Waals surface area contributed by atoms with Crippen LogP contribution < -0.4 is 5.32 Å². The average Bonchev–Trinajstić information content (AvgIpc) is 2.45. The standard InChI is InChI=1S/C9H18N2O4/c1-5(13)11(2)3-6-8(14)9(15)7(4-12)10-6/h6-10,12,14-15H,3-4H2,1-2H3/t6-,7-,8-,9-/m1/s1. The number of aliphatic hydroxyl groups is 3. The average molecular weight is 218 g/mol. The Balaban J connectivity index is 2.54. The Hall–Kier alpha value is -0.690.